The molecule has 1 N–H and O–H groups in total. The maximum Gasteiger partial charge on any atom is 0.407 e. The number of thiazole rings is 2. The van der Waals surface area contributed by atoms with Crippen molar-refractivity contribution in [2.45, 2.75) is 89.9 Å². The van der Waals surface area contributed by atoms with Gasteiger partial charge in [-0.2, -0.15) is 0 Å². The molecule has 11 heteroatoms. The molecule has 0 saturated carbocycles. The van der Waals surface area contributed by atoms with Crippen LogP contribution >= 0.6 is 22.7 Å². The number of nitrogens with one attached hydrogen (secondary N) is 1. The van der Waals surface area contributed by atoms with Gasteiger partial charge in [0.2, 0.25) is 0 Å². The predicted octanol–water partition coefficient (Wildman–Crippen LogP) is 7.88. The molecule has 9 nitrogen and oxygen atoms in total. The molecule has 3 amide bonds. The average Bonchev–Trinajstić information content (AvgIpc) is 3.90. The first-order valence-corrected chi connectivity index (χ1v) is 18.9. The van der Waals surface area contributed by atoms with Crippen LogP contribution in [0.3, 0.4) is 0 Å². The summed E-state index contributed by atoms with van der Waals surface area (Å²) in [4.78, 5) is 53.6. The summed E-state index contributed by atoms with van der Waals surface area (Å²) in [6, 6.07) is 19.6. The van der Waals surface area contributed by atoms with Crippen LogP contribution in [0.25, 0.3) is 0 Å². The number of ether oxygens (including phenoxy) is 1. The van der Waals surface area contributed by atoms with Crippen molar-refractivity contribution in [2.75, 3.05) is 13.6 Å². The van der Waals surface area contributed by atoms with Gasteiger partial charge in [0.25, 0.3) is 0 Å². The van der Waals surface area contributed by atoms with Crippen LogP contribution in [0.4, 0.5) is 9.59 Å². The first-order chi connectivity index (χ1) is 23.7. The monoisotopic (exact) mass is 701 g/mol. The molecular formula is C38H47N5O4S2. The van der Waals surface area contributed by atoms with E-state index in [-0.39, 0.29) is 30.4 Å². The molecule has 1 aliphatic heterocycles. The van der Waals surface area contributed by atoms with Crippen molar-refractivity contribution < 1.29 is 19.1 Å². The molecule has 0 unspecified atom stereocenters. The van der Waals surface area contributed by atoms with Crippen molar-refractivity contribution in [3.63, 3.8) is 0 Å². The van der Waals surface area contributed by atoms with Crippen LogP contribution in [-0.2, 0) is 35.5 Å². The number of hydrogen-bond acceptors (Lipinski definition) is 8. The number of ketones is 1. The SMILES string of the molecule is CC(C)c1nc(CN(C)C(=O)N2CCC[C@@H]2C(=O)C[C@H](CC[C@H](Cc2ccccc2)NC(=O)OCc2cncs2)Cc2ccccc2)cs1. The van der Waals surface area contributed by atoms with E-state index in [1.807, 2.05) is 41.8 Å². The van der Waals surface area contributed by atoms with E-state index in [4.69, 9.17) is 9.72 Å². The first-order valence-electron chi connectivity index (χ1n) is 17.1. The van der Waals surface area contributed by atoms with Crippen molar-refractivity contribution in [3.05, 3.63) is 104 Å². The fourth-order valence-corrected chi connectivity index (χ4v) is 7.72. The van der Waals surface area contributed by atoms with Crippen molar-refractivity contribution in [2.24, 2.45) is 5.92 Å². The van der Waals surface area contributed by atoms with E-state index in [2.05, 4.69) is 48.4 Å². The van der Waals surface area contributed by atoms with Crippen LogP contribution in [0.2, 0.25) is 0 Å². The predicted molar refractivity (Wildman–Crippen MR) is 195 cm³/mol. The van der Waals surface area contributed by atoms with Crippen LogP contribution in [0, 0.1) is 5.92 Å². The Morgan fingerprint density at radius 2 is 1.71 bits per heavy atom. The smallest absolute Gasteiger partial charge is 0.407 e. The normalized spacial score (nSPS) is 15.6. The lowest BCUT2D eigenvalue weighted by Gasteiger charge is -2.30. The summed E-state index contributed by atoms with van der Waals surface area (Å²) in [6.07, 6.45) is 5.88. The summed E-state index contributed by atoms with van der Waals surface area (Å²) < 4.78 is 5.51. The summed E-state index contributed by atoms with van der Waals surface area (Å²) >= 11 is 3.06. The Bertz CT molecular complexity index is 1610. The molecule has 0 aliphatic carbocycles. The molecule has 3 heterocycles. The highest BCUT2D eigenvalue weighted by atomic mass is 32.1. The van der Waals surface area contributed by atoms with Gasteiger partial charge >= 0.3 is 12.1 Å². The minimum Gasteiger partial charge on any atom is -0.444 e. The second kappa shape index (κ2) is 18.1. The number of carbonyl (C=O) groups excluding carboxylic acids is 3. The van der Waals surface area contributed by atoms with Gasteiger partial charge in [-0.25, -0.2) is 14.6 Å². The molecular weight excluding hydrogens is 655 g/mol. The highest BCUT2D eigenvalue weighted by Crippen LogP contribution is 2.27. The third-order valence-electron chi connectivity index (χ3n) is 8.92. The fraction of sp³-hybridized carbons (Fsp3) is 0.447. The van der Waals surface area contributed by atoms with Gasteiger partial charge in [-0.1, -0.05) is 74.5 Å². The number of aromatic nitrogens is 2. The summed E-state index contributed by atoms with van der Waals surface area (Å²) in [6.45, 7) is 5.39. The van der Waals surface area contributed by atoms with Gasteiger partial charge in [0.05, 0.1) is 33.7 Å². The van der Waals surface area contributed by atoms with Crippen molar-refractivity contribution in [1.82, 2.24) is 25.1 Å². The third kappa shape index (κ3) is 11.0. The molecule has 1 saturated heterocycles. The topological polar surface area (TPSA) is 105 Å². The van der Waals surface area contributed by atoms with Gasteiger partial charge in [0, 0.05) is 43.5 Å². The standard InChI is InChI=1S/C38H47N5O4S2/c1-27(2)36-40-32(25-48-36)23-42(3)38(46)43-18-10-15-34(43)35(44)21-30(19-28-11-6-4-7-12-28)16-17-31(20-29-13-8-5-9-14-29)41-37(45)47-24-33-22-39-26-49-33/h4-9,11-14,22,25-27,30-31,34H,10,15-21,23-24H2,1-3H3,(H,41,45)/t30-,31-,34-/m1/s1. The molecule has 1 aliphatic rings. The maximum atomic E-state index is 14.0. The number of Topliss-reactive ketones (excluding diaryl/α,β-unsaturated/α-hetero) is 1. The number of urea groups is 1. The number of alkyl carbamates (subject to hydrolysis) is 1. The van der Waals surface area contributed by atoms with Crippen LogP contribution < -0.4 is 5.32 Å². The molecule has 2 aromatic carbocycles. The molecule has 3 atom stereocenters. The lowest BCUT2D eigenvalue weighted by molar-refractivity contribution is -0.123. The summed E-state index contributed by atoms with van der Waals surface area (Å²) in [5.74, 6) is 0.493. The number of likely N-dealkylation sites (tertiary alicyclic amines) is 1. The summed E-state index contributed by atoms with van der Waals surface area (Å²) in [5, 5.41) is 6.17. The Hall–Kier alpha value is -4.09. The van der Waals surface area contributed by atoms with E-state index < -0.39 is 12.1 Å². The Balaban J connectivity index is 1.24. The van der Waals surface area contributed by atoms with Gasteiger partial charge in [-0.3, -0.25) is 9.78 Å². The highest BCUT2D eigenvalue weighted by Gasteiger charge is 2.36. The molecule has 2 aromatic heterocycles. The number of hydrogen-bond donors (Lipinski definition) is 1. The number of nitrogens with zero attached hydrogens (tertiary/aromatic N) is 4. The quantitative estimate of drug-likeness (QED) is 0.128. The third-order valence-corrected chi connectivity index (χ3v) is 10.9. The zero-order valence-electron chi connectivity index (χ0n) is 28.6. The Morgan fingerprint density at radius 3 is 2.37 bits per heavy atom. The largest absolute Gasteiger partial charge is 0.444 e. The average molecular weight is 702 g/mol. The Labute approximate surface area is 297 Å². The summed E-state index contributed by atoms with van der Waals surface area (Å²) in [5.41, 5.74) is 4.88. The van der Waals surface area contributed by atoms with Crippen LogP contribution in [-0.4, -0.2) is 63.4 Å². The van der Waals surface area contributed by atoms with Crippen LogP contribution in [0.15, 0.2) is 77.8 Å². The van der Waals surface area contributed by atoms with Gasteiger partial charge < -0.3 is 19.9 Å². The second-order valence-electron chi connectivity index (χ2n) is 13.2. The number of rotatable bonds is 16. The molecule has 0 radical (unpaired) electrons. The second-order valence-corrected chi connectivity index (χ2v) is 15.1. The Kier molecular flexibility index (Phi) is 13.3. The maximum absolute atomic E-state index is 14.0. The van der Waals surface area contributed by atoms with E-state index in [0.717, 1.165) is 40.4 Å². The lowest BCUT2D eigenvalue weighted by atomic mass is 9.86. The van der Waals surface area contributed by atoms with Gasteiger partial charge in [0.1, 0.15) is 6.61 Å². The van der Waals surface area contributed by atoms with Crippen molar-refractivity contribution in [1.29, 1.82) is 0 Å². The molecule has 0 bridgehead atoms. The minimum atomic E-state index is -0.465. The van der Waals surface area contributed by atoms with E-state index >= 15 is 0 Å². The summed E-state index contributed by atoms with van der Waals surface area (Å²) in [7, 11) is 1.79. The number of benzene rings is 2. The van der Waals surface area contributed by atoms with Gasteiger partial charge in [-0.15, -0.1) is 22.7 Å². The molecule has 4 aromatic rings. The minimum absolute atomic E-state index is 0.0444. The van der Waals surface area contributed by atoms with E-state index in [0.29, 0.717) is 44.7 Å². The van der Waals surface area contributed by atoms with Crippen molar-refractivity contribution >= 4 is 40.6 Å². The fourth-order valence-electron chi connectivity index (χ4n) is 6.38. The highest BCUT2D eigenvalue weighted by molar-refractivity contribution is 7.09. The molecule has 5 rings (SSSR count). The molecule has 49 heavy (non-hydrogen) atoms. The van der Waals surface area contributed by atoms with Crippen LogP contribution in [0.1, 0.15) is 78.6 Å². The Morgan fingerprint density at radius 1 is 1.00 bits per heavy atom. The van der Waals surface area contributed by atoms with Gasteiger partial charge in [-0.05, 0) is 55.6 Å². The first kappa shape index (κ1) is 36.2. The van der Waals surface area contributed by atoms with Crippen molar-refractivity contribution in [3.8, 4) is 0 Å². The van der Waals surface area contributed by atoms with Crippen LogP contribution in [0.5, 0.6) is 0 Å². The molecule has 1 fully saturated rings. The van der Waals surface area contributed by atoms with E-state index in [1.54, 1.807) is 39.9 Å². The zero-order chi connectivity index (χ0) is 34.6. The zero-order valence-corrected chi connectivity index (χ0v) is 30.3. The number of amides is 3. The lowest BCUT2D eigenvalue weighted by Crippen LogP contribution is -2.46. The van der Waals surface area contributed by atoms with E-state index in [1.165, 1.54) is 16.9 Å². The van der Waals surface area contributed by atoms with Gasteiger partial charge in [0.15, 0.2) is 5.78 Å². The number of carbonyl (C=O) groups is 3. The van der Waals surface area contributed by atoms with E-state index in [9.17, 15) is 14.4 Å². The molecule has 260 valence electrons. The molecule has 0 spiro atoms.